The van der Waals surface area contributed by atoms with E-state index in [-0.39, 0.29) is 11.9 Å². The van der Waals surface area contributed by atoms with Gasteiger partial charge in [-0.15, -0.1) is 0 Å². The minimum atomic E-state index is -0.525. The van der Waals surface area contributed by atoms with Gasteiger partial charge in [0.05, 0.1) is 17.7 Å². The third kappa shape index (κ3) is 4.23. The fourth-order valence-corrected chi connectivity index (χ4v) is 3.38. The standard InChI is InChI=1S/C22H20N6O/c23-14-16-8-6-15(7-9-16)10-11-24-18(17-4-2-1-3-5-17)19-22(29)28-21-20(27-19)25-12-13-26-21/h1-9,12-13,18-19,24H,10-11H2,(H,25,27)(H,26,28,29)/t18-,19-/m1/s1. The van der Waals surface area contributed by atoms with Gasteiger partial charge in [-0.3, -0.25) is 4.79 Å². The van der Waals surface area contributed by atoms with E-state index in [2.05, 4.69) is 32.0 Å². The van der Waals surface area contributed by atoms with Crippen molar-refractivity contribution in [1.82, 2.24) is 15.3 Å². The van der Waals surface area contributed by atoms with Crippen molar-refractivity contribution in [3.63, 3.8) is 0 Å². The Labute approximate surface area is 168 Å². The highest BCUT2D eigenvalue weighted by Crippen LogP contribution is 2.27. The topological polar surface area (TPSA) is 103 Å². The van der Waals surface area contributed by atoms with Crippen LogP contribution in [-0.4, -0.2) is 28.5 Å². The third-order valence-electron chi connectivity index (χ3n) is 4.87. The van der Waals surface area contributed by atoms with Gasteiger partial charge in [0.15, 0.2) is 11.6 Å². The van der Waals surface area contributed by atoms with Crippen molar-refractivity contribution in [1.29, 1.82) is 5.26 Å². The van der Waals surface area contributed by atoms with Gasteiger partial charge in [0.2, 0.25) is 5.91 Å². The molecule has 7 nitrogen and oxygen atoms in total. The van der Waals surface area contributed by atoms with Gasteiger partial charge in [-0.25, -0.2) is 9.97 Å². The van der Waals surface area contributed by atoms with Crippen molar-refractivity contribution in [2.24, 2.45) is 0 Å². The molecule has 2 heterocycles. The van der Waals surface area contributed by atoms with E-state index in [0.717, 1.165) is 17.5 Å². The molecule has 144 valence electrons. The SMILES string of the molecule is N#Cc1ccc(CCN[C@H](c2ccccc2)[C@H]2Nc3nccnc3NC2=O)cc1. The lowest BCUT2D eigenvalue weighted by Gasteiger charge is -2.32. The quantitative estimate of drug-likeness (QED) is 0.604. The Morgan fingerprint density at radius 1 is 1.03 bits per heavy atom. The van der Waals surface area contributed by atoms with Gasteiger partial charge in [-0.05, 0) is 36.2 Å². The summed E-state index contributed by atoms with van der Waals surface area (Å²) in [5.41, 5.74) is 2.78. The van der Waals surface area contributed by atoms with Crippen molar-refractivity contribution in [2.45, 2.75) is 18.5 Å². The lowest BCUT2D eigenvalue weighted by molar-refractivity contribution is -0.117. The Morgan fingerprint density at radius 2 is 1.76 bits per heavy atom. The minimum Gasteiger partial charge on any atom is -0.354 e. The zero-order valence-electron chi connectivity index (χ0n) is 15.7. The number of rotatable bonds is 6. The van der Waals surface area contributed by atoms with E-state index in [1.807, 2.05) is 54.6 Å². The van der Waals surface area contributed by atoms with Crippen LogP contribution < -0.4 is 16.0 Å². The van der Waals surface area contributed by atoms with Gasteiger partial charge in [0.25, 0.3) is 0 Å². The van der Waals surface area contributed by atoms with Crippen LogP contribution in [-0.2, 0) is 11.2 Å². The predicted octanol–water partition coefficient (Wildman–Crippen LogP) is 2.65. The van der Waals surface area contributed by atoms with E-state index in [1.165, 1.54) is 0 Å². The Hall–Kier alpha value is -3.76. The van der Waals surface area contributed by atoms with E-state index in [1.54, 1.807) is 12.4 Å². The molecule has 0 spiro atoms. The number of nitrogens with one attached hydrogen (secondary N) is 3. The van der Waals surface area contributed by atoms with Crippen LogP contribution in [0.25, 0.3) is 0 Å². The Morgan fingerprint density at radius 3 is 2.48 bits per heavy atom. The molecule has 0 fully saturated rings. The monoisotopic (exact) mass is 384 g/mol. The summed E-state index contributed by atoms with van der Waals surface area (Å²) in [7, 11) is 0. The third-order valence-corrected chi connectivity index (χ3v) is 4.87. The molecule has 7 heteroatoms. The number of hydrogen-bond acceptors (Lipinski definition) is 6. The number of carbonyl (C=O) groups is 1. The highest BCUT2D eigenvalue weighted by atomic mass is 16.2. The van der Waals surface area contributed by atoms with Gasteiger partial charge >= 0.3 is 0 Å². The van der Waals surface area contributed by atoms with Gasteiger partial charge in [-0.2, -0.15) is 5.26 Å². The normalized spacial score (nSPS) is 16.1. The Bertz CT molecular complexity index is 1030. The summed E-state index contributed by atoms with van der Waals surface area (Å²) in [6, 6.07) is 18.8. The molecular formula is C22H20N6O. The van der Waals surface area contributed by atoms with Crippen molar-refractivity contribution in [3.05, 3.63) is 83.7 Å². The van der Waals surface area contributed by atoms with E-state index >= 15 is 0 Å². The summed E-state index contributed by atoms with van der Waals surface area (Å²) in [5, 5.41) is 18.5. The lowest BCUT2D eigenvalue weighted by Crippen LogP contribution is -2.48. The first kappa shape index (κ1) is 18.6. The number of aromatic nitrogens is 2. The molecule has 0 radical (unpaired) electrons. The summed E-state index contributed by atoms with van der Waals surface area (Å²) in [5.74, 6) is 0.850. The number of nitrogens with zero attached hydrogens (tertiary/aromatic N) is 3. The van der Waals surface area contributed by atoms with Crippen LogP contribution in [0.5, 0.6) is 0 Å². The largest absolute Gasteiger partial charge is 0.354 e. The molecule has 3 N–H and O–H groups in total. The fourth-order valence-electron chi connectivity index (χ4n) is 3.38. The van der Waals surface area contributed by atoms with Crippen molar-refractivity contribution in [2.75, 3.05) is 17.2 Å². The van der Waals surface area contributed by atoms with Crippen molar-refractivity contribution < 1.29 is 4.79 Å². The molecule has 4 rings (SSSR count). The first-order chi connectivity index (χ1) is 14.2. The molecule has 0 saturated carbocycles. The number of anilines is 2. The van der Waals surface area contributed by atoms with Gasteiger partial charge in [0.1, 0.15) is 6.04 Å². The number of fused-ring (bicyclic) bond motifs is 1. The van der Waals surface area contributed by atoms with Crippen LogP contribution in [0.1, 0.15) is 22.7 Å². The van der Waals surface area contributed by atoms with Crippen molar-refractivity contribution >= 4 is 17.5 Å². The molecule has 0 bridgehead atoms. The van der Waals surface area contributed by atoms with Crippen LogP contribution >= 0.6 is 0 Å². The zero-order chi connectivity index (χ0) is 20.1. The number of hydrogen-bond donors (Lipinski definition) is 3. The highest BCUT2D eigenvalue weighted by molar-refractivity contribution is 6.01. The summed E-state index contributed by atoms with van der Waals surface area (Å²) in [6.45, 7) is 0.671. The van der Waals surface area contributed by atoms with Crippen LogP contribution in [0.4, 0.5) is 11.6 Å². The van der Waals surface area contributed by atoms with Crippen LogP contribution in [0.2, 0.25) is 0 Å². The maximum absolute atomic E-state index is 12.8. The second-order valence-electron chi connectivity index (χ2n) is 6.77. The molecule has 3 aromatic rings. The van der Waals surface area contributed by atoms with E-state index in [0.29, 0.717) is 23.7 Å². The van der Waals surface area contributed by atoms with Crippen LogP contribution in [0.3, 0.4) is 0 Å². The van der Waals surface area contributed by atoms with Gasteiger partial charge < -0.3 is 16.0 Å². The zero-order valence-corrected chi connectivity index (χ0v) is 15.7. The minimum absolute atomic E-state index is 0.155. The molecule has 0 unspecified atom stereocenters. The molecule has 1 aliphatic rings. The number of benzene rings is 2. The molecule has 1 aliphatic heterocycles. The first-order valence-corrected chi connectivity index (χ1v) is 9.40. The first-order valence-electron chi connectivity index (χ1n) is 9.40. The van der Waals surface area contributed by atoms with Crippen LogP contribution in [0, 0.1) is 11.3 Å². The number of carbonyl (C=O) groups excluding carboxylic acids is 1. The lowest BCUT2D eigenvalue weighted by atomic mass is 9.97. The Kier molecular flexibility index (Phi) is 5.45. The second kappa shape index (κ2) is 8.50. The average molecular weight is 384 g/mol. The second-order valence-corrected chi connectivity index (χ2v) is 6.77. The average Bonchev–Trinajstić information content (AvgIpc) is 2.77. The smallest absolute Gasteiger partial charge is 0.250 e. The fraction of sp³-hybridized carbons (Fsp3) is 0.182. The van der Waals surface area contributed by atoms with Gasteiger partial charge in [-0.1, -0.05) is 42.5 Å². The molecule has 29 heavy (non-hydrogen) atoms. The van der Waals surface area contributed by atoms with Crippen molar-refractivity contribution in [3.8, 4) is 6.07 Å². The van der Waals surface area contributed by atoms with E-state index < -0.39 is 6.04 Å². The molecule has 2 aromatic carbocycles. The summed E-state index contributed by atoms with van der Waals surface area (Å²) >= 11 is 0. The Balaban J connectivity index is 1.51. The van der Waals surface area contributed by atoms with E-state index in [9.17, 15) is 4.79 Å². The predicted molar refractivity (Wildman–Crippen MR) is 110 cm³/mol. The highest BCUT2D eigenvalue weighted by Gasteiger charge is 2.34. The number of amides is 1. The number of nitriles is 1. The summed E-state index contributed by atoms with van der Waals surface area (Å²) in [4.78, 5) is 21.2. The molecule has 1 aromatic heterocycles. The molecule has 0 aliphatic carbocycles. The molecule has 1 amide bonds. The molecule has 0 saturated heterocycles. The maximum Gasteiger partial charge on any atom is 0.250 e. The molecule has 2 atom stereocenters. The van der Waals surface area contributed by atoms with Gasteiger partial charge in [0, 0.05) is 12.4 Å². The van der Waals surface area contributed by atoms with Crippen LogP contribution in [0.15, 0.2) is 67.0 Å². The molecular weight excluding hydrogens is 364 g/mol. The summed E-state index contributed by atoms with van der Waals surface area (Å²) < 4.78 is 0. The van der Waals surface area contributed by atoms with E-state index in [4.69, 9.17) is 5.26 Å². The summed E-state index contributed by atoms with van der Waals surface area (Å²) in [6.07, 6.45) is 3.92. The maximum atomic E-state index is 12.8.